The molecule has 1 unspecified atom stereocenters. The number of amides is 1. The zero-order valence-electron chi connectivity index (χ0n) is 7.66. The molecule has 1 atom stereocenters. The first-order valence-electron chi connectivity index (χ1n) is 4.40. The van der Waals surface area contributed by atoms with Crippen LogP contribution in [-0.4, -0.2) is 17.0 Å². The summed E-state index contributed by atoms with van der Waals surface area (Å²) in [5.74, 6) is -1.91. The van der Waals surface area contributed by atoms with Crippen LogP contribution in [0.4, 0.5) is 5.69 Å². The summed E-state index contributed by atoms with van der Waals surface area (Å²) in [5, 5.41) is 11.8. The van der Waals surface area contributed by atoms with Crippen LogP contribution in [0.2, 0.25) is 5.02 Å². The summed E-state index contributed by atoms with van der Waals surface area (Å²) >= 11 is 5.79. The van der Waals surface area contributed by atoms with E-state index in [1.54, 1.807) is 18.2 Å². The first-order chi connectivity index (χ1) is 7.08. The number of carbonyl (C=O) groups excluding carboxylic acids is 1. The third-order valence-corrected chi connectivity index (χ3v) is 2.58. The number of fused-ring (bicyclic) bond motifs is 1. The van der Waals surface area contributed by atoms with Gasteiger partial charge in [0.2, 0.25) is 5.91 Å². The molecule has 2 rings (SSSR count). The van der Waals surface area contributed by atoms with Crippen molar-refractivity contribution in [2.24, 2.45) is 0 Å². The largest absolute Gasteiger partial charge is 0.481 e. The van der Waals surface area contributed by atoms with Crippen LogP contribution in [-0.2, 0) is 9.59 Å². The van der Waals surface area contributed by atoms with Crippen LogP contribution in [0.1, 0.15) is 17.9 Å². The van der Waals surface area contributed by atoms with Crippen LogP contribution in [0.15, 0.2) is 18.2 Å². The van der Waals surface area contributed by atoms with Crippen molar-refractivity contribution < 1.29 is 14.7 Å². The Morgan fingerprint density at radius 1 is 1.53 bits per heavy atom. The van der Waals surface area contributed by atoms with E-state index >= 15 is 0 Å². The maximum absolute atomic E-state index is 11.5. The minimum Gasteiger partial charge on any atom is -0.481 e. The molecule has 78 valence electrons. The highest BCUT2D eigenvalue weighted by atomic mass is 35.5. The Kier molecular flexibility index (Phi) is 2.36. The second-order valence-corrected chi connectivity index (χ2v) is 3.81. The summed E-state index contributed by atoms with van der Waals surface area (Å²) in [6.45, 7) is 0. The maximum Gasteiger partial charge on any atom is 0.304 e. The average Bonchev–Trinajstić information content (AvgIpc) is 2.43. The number of nitrogens with one attached hydrogen (secondary N) is 1. The van der Waals surface area contributed by atoms with Crippen molar-refractivity contribution in [3.63, 3.8) is 0 Å². The summed E-state index contributed by atoms with van der Waals surface area (Å²) in [5.41, 5.74) is 1.31. The Balaban J connectivity index is 2.39. The number of aliphatic carboxylic acids is 1. The van der Waals surface area contributed by atoms with Gasteiger partial charge in [-0.05, 0) is 23.8 Å². The summed E-state index contributed by atoms with van der Waals surface area (Å²) < 4.78 is 0. The Morgan fingerprint density at radius 3 is 2.93 bits per heavy atom. The van der Waals surface area contributed by atoms with E-state index in [1.165, 1.54) is 0 Å². The number of halogens is 1. The van der Waals surface area contributed by atoms with Gasteiger partial charge in [0.05, 0.1) is 12.3 Å². The second kappa shape index (κ2) is 3.55. The topological polar surface area (TPSA) is 66.4 Å². The summed E-state index contributed by atoms with van der Waals surface area (Å²) in [7, 11) is 0. The van der Waals surface area contributed by atoms with Crippen LogP contribution >= 0.6 is 11.6 Å². The molecular formula is C10H8ClNO3. The van der Waals surface area contributed by atoms with Gasteiger partial charge >= 0.3 is 5.97 Å². The minimum absolute atomic E-state index is 0.209. The van der Waals surface area contributed by atoms with Gasteiger partial charge in [0, 0.05) is 10.7 Å². The Labute approximate surface area is 90.9 Å². The van der Waals surface area contributed by atoms with E-state index in [-0.39, 0.29) is 12.3 Å². The highest BCUT2D eigenvalue weighted by molar-refractivity contribution is 6.31. The number of carbonyl (C=O) groups is 2. The fourth-order valence-electron chi connectivity index (χ4n) is 1.67. The quantitative estimate of drug-likeness (QED) is 0.807. The van der Waals surface area contributed by atoms with Crippen molar-refractivity contribution in [2.75, 3.05) is 5.32 Å². The van der Waals surface area contributed by atoms with Gasteiger partial charge < -0.3 is 10.4 Å². The van der Waals surface area contributed by atoms with E-state index < -0.39 is 11.9 Å². The lowest BCUT2D eigenvalue weighted by Crippen LogP contribution is -2.15. The molecule has 1 amide bonds. The van der Waals surface area contributed by atoms with Crippen LogP contribution < -0.4 is 5.32 Å². The average molecular weight is 226 g/mol. The first-order valence-corrected chi connectivity index (χ1v) is 4.78. The molecule has 0 saturated heterocycles. The number of benzene rings is 1. The monoisotopic (exact) mass is 225 g/mol. The van der Waals surface area contributed by atoms with Crippen molar-refractivity contribution in [3.8, 4) is 0 Å². The number of hydrogen-bond donors (Lipinski definition) is 2. The van der Waals surface area contributed by atoms with Crippen LogP contribution in [0.5, 0.6) is 0 Å². The van der Waals surface area contributed by atoms with Gasteiger partial charge in [0.1, 0.15) is 0 Å². The molecule has 0 aliphatic carbocycles. The van der Waals surface area contributed by atoms with Crippen molar-refractivity contribution >= 4 is 29.2 Å². The van der Waals surface area contributed by atoms with Crippen molar-refractivity contribution in [3.05, 3.63) is 28.8 Å². The highest BCUT2D eigenvalue weighted by Crippen LogP contribution is 2.36. The molecule has 1 aliphatic rings. The number of rotatable bonds is 2. The molecule has 0 radical (unpaired) electrons. The van der Waals surface area contributed by atoms with Crippen LogP contribution in [0, 0.1) is 0 Å². The fourth-order valence-corrected chi connectivity index (χ4v) is 1.85. The lowest BCUT2D eigenvalue weighted by molar-refractivity contribution is -0.138. The number of carboxylic acid groups (broad SMARTS) is 1. The predicted molar refractivity (Wildman–Crippen MR) is 55.1 cm³/mol. The van der Waals surface area contributed by atoms with Gasteiger partial charge in [-0.15, -0.1) is 0 Å². The molecule has 0 aromatic heterocycles. The zero-order chi connectivity index (χ0) is 11.0. The van der Waals surface area contributed by atoms with Crippen molar-refractivity contribution in [2.45, 2.75) is 12.3 Å². The summed E-state index contributed by atoms with van der Waals surface area (Å²) in [6, 6.07) is 4.96. The lowest BCUT2D eigenvalue weighted by atomic mass is 9.97. The Hall–Kier alpha value is -1.55. The van der Waals surface area contributed by atoms with E-state index in [0.29, 0.717) is 16.3 Å². The Morgan fingerprint density at radius 2 is 2.27 bits per heavy atom. The maximum atomic E-state index is 11.5. The normalized spacial score (nSPS) is 18.5. The third kappa shape index (κ3) is 1.80. The number of carboxylic acids is 1. The minimum atomic E-state index is -0.997. The molecule has 1 aliphatic heterocycles. The van der Waals surface area contributed by atoms with Gasteiger partial charge in [-0.1, -0.05) is 11.6 Å². The molecule has 5 heteroatoms. The molecular weight excluding hydrogens is 218 g/mol. The van der Waals surface area contributed by atoms with Crippen LogP contribution in [0.3, 0.4) is 0 Å². The number of hydrogen-bond acceptors (Lipinski definition) is 2. The smallest absolute Gasteiger partial charge is 0.304 e. The van der Waals surface area contributed by atoms with Gasteiger partial charge in [-0.25, -0.2) is 0 Å². The molecule has 0 saturated carbocycles. The summed E-state index contributed by atoms with van der Waals surface area (Å²) in [4.78, 5) is 22.0. The predicted octanol–water partition coefficient (Wildman–Crippen LogP) is 1.85. The molecule has 0 bridgehead atoms. The highest BCUT2D eigenvalue weighted by Gasteiger charge is 2.32. The van der Waals surface area contributed by atoms with E-state index in [9.17, 15) is 9.59 Å². The van der Waals surface area contributed by atoms with Gasteiger partial charge in [0.25, 0.3) is 0 Å². The molecule has 4 nitrogen and oxygen atoms in total. The van der Waals surface area contributed by atoms with E-state index in [4.69, 9.17) is 16.7 Å². The summed E-state index contributed by atoms with van der Waals surface area (Å²) in [6.07, 6.45) is -0.209. The van der Waals surface area contributed by atoms with Crippen molar-refractivity contribution in [1.82, 2.24) is 0 Å². The van der Waals surface area contributed by atoms with E-state index in [1.807, 2.05) is 0 Å². The third-order valence-electron chi connectivity index (χ3n) is 2.34. The van der Waals surface area contributed by atoms with Crippen LogP contribution in [0.25, 0.3) is 0 Å². The first kappa shape index (κ1) is 9.98. The molecule has 15 heavy (non-hydrogen) atoms. The zero-order valence-corrected chi connectivity index (χ0v) is 8.41. The molecule has 1 aromatic carbocycles. The SMILES string of the molecule is O=C(O)CC1C(=O)Nc2ccc(Cl)cc21. The van der Waals surface area contributed by atoms with E-state index in [2.05, 4.69) is 5.32 Å². The molecule has 2 N–H and O–H groups in total. The fraction of sp³-hybridized carbons (Fsp3) is 0.200. The molecule has 0 fully saturated rings. The standard InChI is InChI=1S/C10H8ClNO3/c11-5-1-2-8-6(3-5)7(4-9(13)14)10(15)12-8/h1-3,7H,4H2,(H,12,15)(H,13,14). The van der Waals surface area contributed by atoms with Gasteiger partial charge in [-0.3, -0.25) is 9.59 Å². The molecule has 1 heterocycles. The van der Waals surface area contributed by atoms with E-state index in [0.717, 1.165) is 0 Å². The van der Waals surface area contributed by atoms with Crippen molar-refractivity contribution in [1.29, 1.82) is 0 Å². The van der Waals surface area contributed by atoms with Gasteiger partial charge in [-0.2, -0.15) is 0 Å². The van der Waals surface area contributed by atoms with Gasteiger partial charge in [0.15, 0.2) is 0 Å². The Bertz CT molecular complexity index is 444. The molecule has 1 aromatic rings. The molecule has 0 spiro atoms. The number of anilines is 1. The second-order valence-electron chi connectivity index (χ2n) is 3.37. The lowest BCUT2D eigenvalue weighted by Gasteiger charge is -2.04.